The van der Waals surface area contributed by atoms with Gasteiger partial charge < -0.3 is 23.6 Å². The summed E-state index contributed by atoms with van der Waals surface area (Å²) in [6.07, 6.45) is 3.50. The Bertz CT molecular complexity index is 1080. The van der Waals surface area contributed by atoms with Crippen LogP contribution in [-0.4, -0.2) is 48.2 Å². The van der Waals surface area contributed by atoms with E-state index in [2.05, 4.69) is 43.2 Å². The highest BCUT2D eigenvalue weighted by molar-refractivity contribution is 5.68. The number of hydrogen-bond donors (Lipinski definition) is 0. The van der Waals surface area contributed by atoms with Crippen molar-refractivity contribution in [3.8, 4) is 11.3 Å². The Morgan fingerprint density at radius 2 is 1.83 bits per heavy atom. The molecule has 0 saturated carbocycles. The Morgan fingerprint density at radius 3 is 2.49 bits per heavy atom. The van der Waals surface area contributed by atoms with Crippen LogP contribution in [0.5, 0.6) is 0 Å². The average Bonchev–Trinajstić information content (AvgIpc) is 3.25. The average molecular weight is 485 g/mol. The number of oxime groups is 1. The lowest BCUT2D eigenvalue weighted by atomic mass is 9.97. The number of carbonyl (C=O) groups excluding carboxylic acids is 2. The van der Waals surface area contributed by atoms with E-state index in [1.165, 1.54) is 19.4 Å². The van der Waals surface area contributed by atoms with Gasteiger partial charge in [0.25, 0.3) is 0 Å². The van der Waals surface area contributed by atoms with Gasteiger partial charge in [0.15, 0.2) is 11.9 Å². The number of esters is 2. The predicted octanol–water partition coefficient (Wildman–Crippen LogP) is 4.54. The standard InChI is InChI=1S/C26H32N2O7/c1-15-11-16(2)26(17(3)12-15)22-13-24(35-28-22)18(4)34-27-10-9-21-7-8-23(32-20(6)30)25(33-21)14-31-19(5)29/h7-8,10-13,18,21,23,25H,9,14H2,1-6H3/t18-,21-,23-,25+/m0/s1. The number of aryl methyl sites for hydroxylation is 3. The smallest absolute Gasteiger partial charge is 0.303 e. The molecule has 1 aromatic heterocycles. The van der Waals surface area contributed by atoms with E-state index in [1.54, 1.807) is 18.4 Å². The summed E-state index contributed by atoms with van der Waals surface area (Å²) in [5, 5.41) is 8.26. The molecule has 0 saturated heterocycles. The normalized spacial score (nSPS) is 20.6. The Balaban J connectivity index is 1.56. The van der Waals surface area contributed by atoms with Crippen molar-refractivity contribution in [1.82, 2.24) is 5.16 Å². The Labute approximate surface area is 205 Å². The molecule has 1 aliphatic heterocycles. The van der Waals surface area contributed by atoms with Crippen molar-refractivity contribution in [2.24, 2.45) is 5.16 Å². The van der Waals surface area contributed by atoms with Crippen LogP contribution in [-0.2, 0) is 28.6 Å². The zero-order valence-corrected chi connectivity index (χ0v) is 20.9. The minimum Gasteiger partial charge on any atom is -0.463 e. The monoisotopic (exact) mass is 484 g/mol. The van der Waals surface area contributed by atoms with Crippen molar-refractivity contribution in [3.05, 3.63) is 52.8 Å². The lowest BCUT2D eigenvalue weighted by Gasteiger charge is -2.31. The van der Waals surface area contributed by atoms with Gasteiger partial charge in [0.2, 0.25) is 0 Å². The summed E-state index contributed by atoms with van der Waals surface area (Å²) in [4.78, 5) is 28.0. The van der Waals surface area contributed by atoms with Gasteiger partial charge in [0.05, 0.1) is 6.10 Å². The van der Waals surface area contributed by atoms with Crippen LogP contribution in [0.1, 0.15) is 55.7 Å². The summed E-state index contributed by atoms with van der Waals surface area (Å²) in [5.41, 5.74) is 5.29. The van der Waals surface area contributed by atoms with Gasteiger partial charge >= 0.3 is 11.9 Å². The van der Waals surface area contributed by atoms with Crippen LogP contribution >= 0.6 is 0 Å². The molecular weight excluding hydrogens is 452 g/mol. The molecule has 9 nitrogen and oxygen atoms in total. The van der Waals surface area contributed by atoms with E-state index in [-0.39, 0.29) is 12.7 Å². The molecule has 2 aromatic rings. The van der Waals surface area contributed by atoms with Gasteiger partial charge in [0.1, 0.15) is 24.5 Å². The third kappa shape index (κ3) is 7.26. The zero-order valence-electron chi connectivity index (χ0n) is 20.9. The molecule has 3 rings (SSSR count). The Hall–Kier alpha value is -3.46. The van der Waals surface area contributed by atoms with Gasteiger partial charge in [-0.2, -0.15) is 0 Å². The van der Waals surface area contributed by atoms with E-state index in [0.29, 0.717) is 12.2 Å². The van der Waals surface area contributed by atoms with E-state index in [0.717, 1.165) is 22.4 Å². The van der Waals surface area contributed by atoms with E-state index >= 15 is 0 Å². The summed E-state index contributed by atoms with van der Waals surface area (Å²) in [6.45, 7) is 10.6. The Kier molecular flexibility index (Phi) is 8.81. The van der Waals surface area contributed by atoms with Crippen LogP contribution in [0.25, 0.3) is 11.3 Å². The molecule has 0 fully saturated rings. The van der Waals surface area contributed by atoms with Crippen molar-refractivity contribution in [2.45, 2.75) is 72.4 Å². The van der Waals surface area contributed by atoms with Crippen molar-refractivity contribution in [2.75, 3.05) is 6.61 Å². The first-order chi connectivity index (χ1) is 16.6. The lowest BCUT2D eigenvalue weighted by molar-refractivity contribution is -0.163. The molecule has 0 spiro atoms. The second-order valence-corrected chi connectivity index (χ2v) is 8.63. The Morgan fingerprint density at radius 1 is 1.11 bits per heavy atom. The van der Waals surface area contributed by atoms with Gasteiger partial charge in [0, 0.05) is 38.1 Å². The van der Waals surface area contributed by atoms with Crippen LogP contribution in [0, 0.1) is 20.8 Å². The summed E-state index contributed by atoms with van der Waals surface area (Å²) in [6, 6.07) is 6.11. The first-order valence-corrected chi connectivity index (χ1v) is 11.5. The molecule has 188 valence electrons. The van der Waals surface area contributed by atoms with Crippen LogP contribution in [0.3, 0.4) is 0 Å². The fraction of sp³-hybridized carbons (Fsp3) is 0.462. The second kappa shape index (κ2) is 11.8. The van der Waals surface area contributed by atoms with E-state index < -0.39 is 30.3 Å². The first-order valence-electron chi connectivity index (χ1n) is 11.5. The van der Waals surface area contributed by atoms with Crippen LogP contribution < -0.4 is 0 Å². The van der Waals surface area contributed by atoms with Crippen molar-refractivity contribution in [3.63, 3.8) is 0 Å². The van der Waals surface area contributed by atoms with E-state index in [4.69, 9.17) is 23.6 Å². The SMILES string of the molecule is CC(=O)OC[C@H]1O[C@H](CC=NO[C@@H](C)c2cc(-c3c(C)cc(C)cc3C)no2)C=C[C@@H]1OC(C)=O. The molecule has 2 heterocycles. The number of benzene rings is 1. The van der Waals surface area contributed by atoms with Crippen molar-refractivity contribution < 1.29 is 33.2 Å². The number of hydrogen-bond acceptors (Lipinski definition) is 9. The van der Waals surface area contributed by atoms with Crippen LogP contribution in [0.2, 0.25) is 0 Å². The third-order valence-corrected chi connectivity index (χ3v) is 5.48. The fourth-order valence-electron chi connectivity index (χ4n) is 4.00. The largest absolute Gasteiger partial charge is 0.463 e. The molecule has 0 aliphatic carbocycles. The van der Waals surface area contributed by atoms with Crippen LogP contribution in [0.4, 0.5) is 0 Å². The number of ether oxygens (including phenoxy) is 3. The molecule has 9 heteroatoms. The van der Waals surface area contributed by atoms with Crippen LogP contribution in [0.15, 0.2) is 40.0 Å². The highest BCUT2D eigenvalue weighted by Gasteiger charge is 2.30. The second-order valence-electron chi connectivity index (χ2n) is 8.63. The predicted molar refractivity (Wildman–Crippen MR) is 129 cm³/mol. The van der Waals surface area contributed by atoms with Crippen molar-refractivity contribution >= 4 is 18.2 Å². The molecule has 4 atom stereocenters. The molecule has 0 radical (unpaired) electrons. The van der Waals surface area contributed by atoms with E-state index in [9.17, 15) is 9.59 Å². The van der Waals surface area contributed by atoms with Gasteiger partial charge in [-0.3, -0.25) is 9.59 Å². The molecule has 1 aromatic carbocycles. The number of aromatic nitrogens is 1. The zero-order chi connectivity index (χ0) is 25.5. The summed E-state index contributed by atoms with van der Waals surface area (Å²) < 4.78 is 21.7. The van der Waals surface area contributed by atoms with Crippen molar-refractivity contribution in [1.29, 1.82) is 0 Å². The van der Waals surface area contributed by atoms with E-state index in [1.807, 2.05) is 13.0 Å². The maximum atomic E-state index is 11.3. The molecule has 1 aliphatic rings. The third-order valence-electron chi connectivity index (χ3n) is 5.48. The lowest BCUT2D eigenvalue weighted by Crippen LogP contribution is -2.41. The minimum absolute atomic E-state index is 0.0213. The highest BCUT2D eigenvalue weighted by atomic mass is 16.6. The first kappa shape index (κ1) is 26.2. The summed E-state index contributed by atoms with van der Waals surface area (Å²) >= 11 is 0. The fourth-order valence-corrected chi connectivity index (χ4v) is 4.00. The summed E-state index contributed by atoms with van der Waals surface area (Å²) in [5.74, 6) is -0.314. The molecule has 0 unspecified atom stereocenters. The quantitative estimate of drug-likeness (QED) is 0.221. The van der Waals surface area contributed by atoms with Gasteiger partial charge in [-0.1, -0.05) is 34.1 Å². The van der Waals surface area contributed by atoms with Gasteiger partial charge in [-0.15, -0.1) is 0 Å². The maximum Gasteiger partial charge on any atom is 0.303 e. The molecule has 0 bridgehead atoms. The molecule has 0 N–H and O–H groups in total. The number of rotatable bonds is 9. The number of carbonyl (C=O) groups is 2. The molecule has 35 heavy (non-hydrogen) atoms. The topological polar surface area (TPSA) is 109 Å². The summed E-state index contributed by atoms with van der Waals surface area (Å²) in [7, 11) is 0. The molecular formula is C26H32N2O7. The number of nitrogens with zero attached hydrogens (tertiary/aromatic N) is 2. The highest BCUT2D eigenvalue weighted by Crippen LogP contribution is 2.30. The minimum atomic E-state index is -0.627. The maximum absolute atomic E-state index is 11.3. The molecule has 0 amide bonds. The van der Waals surface area contributed by atoms with Gasteiger partial charge in [-0.25, -0.2) is 0 Å². The van der Waals surface area contributed by atoms with Gasteiger partial charge in [-0.05, 0) is 44.9 Å².